The van der Waals surface area contributed by atoms with E-state index in [1.165, 1.54) is 21.6 Å². The highest BCUT2D eigenvalue weighted by molar-refractivity contribution is 7.98. The number of benzene rings is 3. The molecule has 0 unspecified atom stereocenters. The molecule has 0 atom stereocenters. The van der Waals surface area contributed by atoms with Crippen LogP contribution < -0.4 is 0 Å². The van der Waals surface area contributed by atoms with Crippen LogP contribution in [0.4, 0.5) is 0 Å². The summed E-state index contributed by atoms with van der Waals surface area (Å²) >= 11 is 1.82. The molecule has 21 heavy (non-hydrogen) atoms. The minimum absolute atomic E-state index is 0.348. The number of aromatic hydroxyl groups is 1. The second kappa shape index (κ2) is 5.82. The number of fused-ring (bicyclic) bond motifs is 1. The molecule has 3 aromatic rings. The number of phenols is 1. The Hall–Kier alpha value is -1.93. The molecule has 0 fully saturated rings. The van der Waals surface area contributed by atoms with E-state index in [1.54, 1.807) is 6.07 Å². The van der Waals surface area contributed by atoms with Gasteiger partial charge in [0.15, 0.2) is 0 Å². The zero-order valence-corrected chi connectivity index (χ0v) is 13.1. The lowest BCUT2D eigenvalue weighted by Crippen LogP contribution is -1.86. The zero-order chi connectivity index (χ0) is 14.8. The van der Waals surface area contributed by atoms with Gasteiger partial charge in [-0.3, -0.25) is 0 Å². The standard InChI is InChI=1S/C19H18OS/c1-13-9-14(2)11-15(10-13)12-21-19-8-7-18(20)16-5-3-4-6-17(16)19/h3-11,20H,12H2,1-2H3. The number of thioether (sulfide) groups is 1. The molecule has 0 radical (unpaired) electrons. The first kappa shape index (κ1) is 14.0. The van der Waals surface area contributed by atoms with E-state index in [4.69, 9.17) is 0 Å². The molecular weight excluding hydrogens is 276 g/mol. The van der Waals surface area contributed by atoms with Crippen LogP contribution >= 0.6 is 11.8 Å². The molecule has 0 aliphatic heterocycles. The highest BCUT2D eigenvalue weighted by atomic mass is 32.2. The molecule has 1 nitrogen and oxygen atoms in total. The van der Waals surface area contributed by atoms with Crippen molar-refractivity contribution >= 4 is 22.5 Å². The van der Waals surface area contributed by atoms with Crippen LogP contribution in [0.25, 0.3) is 10.8 Å². The Morgan fingerprint density at radius 2 is 1.52 bits per heavy atom. The highest BCUT2D eigenvalue weighted by Crippen LogP contribution is 2.34. The summed E-state index contributed by atoms with van der Waals surface area (Å²) in [5, 5.41) is 12.0. The largest absolute Gasteiger partial charge is 0.507 e. The van der Waals surface area contributed by atoms with Gasteiger partial charge in [0, 0.05) is 16.0 Å². The summed E-state index contributed by atoms with van der Waals surface area (Å²) in [6.45, 7) is 4.27. The van der Waals surface area contributed by atoms with Crippen LogP contribution in [-0.4, -0.2) is 5.11 Å². The first-order chi connectivity index (χ1) is 10.1. The average Bonchev–Trinajstić information content (AvgIpc) is 2.46. The fraction of sp³-hybridized carbons (Fsp3) is 0.158. The second-order valence-corrected chi connectivity index (χ2v) is 6.43. The Kier molecular flexibility index (Phi) is 3.89. The quantitative estimate of drug-likeness (QED) is 0.648. The van der Waals surface area contributed by atoms with Crippen molar-refractivity contribution in [2.75, 3.05) is 0 Å². The summed E-state index contributed by atoms with van der Waals surface area (Å²) < 4.78 is 0. The van der Waals surface area contributed by atoms with Crippen molar-refractivity contribution in [3.8, 4) is 5.75 Å². The van der Waals surface area contributed by atoms with E-state index in [-0.39, 0.29) is 0 Å². The van der Waals surface area contributed by atoms with Gasteiger partial charge in [0.25, 0.3) is 0 Å². The molecule has 0 aliphatic carbocycles. The third-order valence-electron chi connectivity index (χ3n) is 3.54. The molecule has 0 heterocycles. The van der Waals surface area contributed by atoms with E-state index >= 15 is 0 Å². The first-order valence-electron chi connectivity index (χ1n) is 7.04. The smallest absolute Gasteiger partial charge is 0.123 e. The summed E-state index contributed by atoms with van der Waals surface area (Å²) in [6, 6.07) is 18.5. The maximum Gasteiger partial charge on any atom is 0.123 e. The molecule has 106 valence electrons. The minimum atomic E-state index is 0.348. The predicted molar refractivity (Wildman–Crippen MR) is 91.1 cm³/mol. The molecule has 0 saturated heterocycles. The minimum Gasteiger partial charge on any atom is -0.507 e. The van der Waals surface area contributed by atoms with Crippen LogP contribution in [0.3, 0.4) is 0 Å². The van der Waals surface area contributed by atoms with Crippen molar-refractivity contribution in [3.63, 3.8) is 0 Å². The lowest BCUT2D eigenvalue weighted by molar-refractivity contribution is 0.481. The van der Waals surface area contributed by atoms with Gasteiger partial charge in [-0.05, 0) is 36.9 Å². The van der Waals surface area contributed by atoms with Crippen LogP contribution in [0, 0.1) is 13.8 Å². The van der Waals surface area contributed by atoms with Gasteiger partial charge in [-0.1, -0.05) is 53.6 Å². The van der Waals surface area contributed by atoms with Crippen molar-refractivity contribution in [1.29, 1.82) is 0 Å². The lowest BCUT2D eigenvalue weighted by atomic mass is 10.1. The van der Waals surface area contributed by atoms with Crippen molar-refractivity contribution in [1.82, 2.24) is 0 Å². The maximum absolute atomic E-state index is 9.94. The Bertz CT molecular complexity index is 772. The molecule has 3 rings (SSSR count). The van der Waals surface area contributed by atoms with Crippen molar-refractivity contribution in [2.45, 2.75) is 24.5 Å². The molecule has 3 aromatic carbocycles. The normalized spacial score (nSPS) is 11.0. The fourth-order valence-corrected chi connectivity index (χ4v) is 3.68. The molecular formula is C19H18OS. The Morgan fingerprint density at radius 3 is 2.24 bits per heavy atom. The molecule has 0 saturated carbocycles. The molecule has 0 bridgehead atoms. The van der Waals surface area contributed by atoms with Gasteiger partial charge in [0.1, 0.15) is 5.75 Å². The van der Waals surface area contributed by atoms with Crippen molar-refractivity contribution < 1.29 is 5.11 Å². The zero-order valence-electron chi connectivity index (χ0n) is 12.3. The van der Waals surface area contributed by atoms with Gasteiger partial charge in [-0.15, -0.1) is 11.8 Å². The number of hydrogen-bond acceptors (Lipinski definition) is 2. The number of aryl methyl sites for hydroxylation is 2. The fourth-order valence-electron chi connectivity index (χ4n) is 2.69. The second-order valence-electron chi connectivity index (χ2n) is 5.41. The van der Waals surface area contributed by atoms with Gasteiger partial charge in [0.2, 0.25) is 0 Å². The van der Waals surface area contributed by atoms with Crippen LogP contribution in [0.5, 0.6) is 5.75 Å². The third kappa shape index (κ3) is 3.06. The summed E-state index contributed by atoms with van der Waals surface area (Å²) in [6.07, 6.45) is 0. The summed E-state index contributed by atoms with van der Waals surface area (Å²) in [7, 11) is 0. The highest BCUT2D eigenvalue weighted by Gasteiger charge is 2.06. The van der Waals surface area contributed by atoms with Crippen LogP contribution in [0.2, 0.25) is 0 Å². The van der Waals surface area contributed by atoms with Crippen molar-refractivity contribution in [2.24, 2.45) is 0 Å². The first-order valence-corrected chi connectivity index (χ1v) is 8.03. The van der Waals surface area contributed by atoms with Gasteiger partial charge in [-0.2, -0.15) is 0 Å². The van der Waals surface area contributed by atoms with E-state index < -0.39 is 0 Å². The molecule has 0 amide bonds. The van der Waals surface area contributed by atoms with Gasteiger partial charge < -0.3 is 5.11 Å². The molecule has 2 heteroatoms. The van der Waals surface area contributed by atoms with E-state index in [9.17, 15) is 5.11 Å². The Balaban J connectivity index is 1.90. The topological polar surface area (TPSA) is 20.2 Å². The number of phenolic OH excluding ortho intramolecular Hbond substituents is 1. The van der Waals surface area contributed by atoms with Gasteiger partial charge in [0.05, 0.1) is 0 Å². The molecule has 1 N–H and O–H groups in total. The van der Waals surface area contributed by atoms with Crippen LogP contribution in [-0.2, 0) is 5.75 Å². The Morgan fingerprint density at radius 1 is 0.857 bits per heavy atom. The van der Waals surface area contributed by atoms with Gasteiger partial charge in [-0.25, -0.2) is 0 Å². The van der Waals surface area contributed by atoms with E-state index in [2.05, 4.69) is 38.1 Å². The predicted octanol–water partition coefficient (Wildman–Crippen LogP) is 5.45. The van der Waals surface area contributed by atoms with Crippen LogP contribution in [0.15, 0.2) is 59.5 Å². The molecule has 0 spiro atoms. The number of rotatable bonds is 3. The molecule has 0 aromatic heterocycles. The third-order valence-corrected chi connectivity index (χ3v) is 4.68. The van der Waals surface area contributed by atoms with Crippen molar-refractivity contribution in [3.05, 3.63) is 71.3 Å². The summed E-state index contributed by atoms with van der Waals surface area (Å²) in [4.78, 5) is 1.21. The lowest BCUT2D eigenvalue weighted by Gasteiger charge is -2.09. The Labute approximate surface area is 129 Å². The SMILES string of the molecule is Cc1cc(C)cc(CSc2ccc(O)c3ccccc23)c1. The van der Waals surface area contributed by atoms with E-state index in [0.717, 1.165) is 16.5 Å². The van der Waals surface area contributed by atoms with E-state index in [1.807, 2.05) is 36.0 Å². The molecule has 0 aliphatic rings. The van der Waals surface area contributed by atoms with Crippen LogP contribution in [0.1, 0.15) is 16.7 Å². The monoisotopic (exact) mass is 294 g/mol. The maximum atomic E-state index is 9.94. The summed E-state index contributed by atoms with van der Waals surface area (Å²) in [5.74, 6) is 1.29. The summed E-state index contributed by atoms with van der Waals surface area (Å²) in [5.41, 5.74) is 3.96. The van der Waals surface area contributed by atoms with E-state index in [0.29, 0.717) is 5.75 Å². The number of hydrogen-bond donors (Lipinski definition) is 1. The van der Waals surface area contributed by atoms with Gasteiger partial charge >= 0.3 is 0 Å². The average molecular weight is 294 g/mol.